The number of benzene rings is 1. The zero-order valence-corrected chi connectivity index (χ0v) is 12.4. The van der Waals surface area contributed by atoms with Gasteiger partial charge in [0.05, 0.1) is 11.3 Å². The number of likely N-dealkylation sites (tertiary alicyclic amines) is 1. The van der Waals surface area contributed by atoms with Crippen molar-refractivity contribution in [3.05, 3.63) is 28.8 Å². The summed E-state index contributed by atoms with van der Waals surface area (Å²) in [5.41, 5.74) is 1.73. The van der Waals surface area contributed by atoms with Crippen LogP contribution in [-0.2, 0) is 0 Å². The predicted octanol–water partition coefficient (Wildman–Crippen LogP) is 3.28. The molecule has 1 atom stereocenters. The Kier molecular flexibility index (Phi) is 4.14. The first-order valence-electron chi connectivity index (χ1n) is 7.46. The molecule has 0 aromatic heterocycles. The number of hydrogen-bond acceptors (Lipinski definition) is 3. The molecule has 0 amide bonds. The lowest BCUT2D eigenvalue weighted by molar-refractivity contribution is 0.175. The van der Waals surface area contributed by atoms with Gasteiger partial charge in [0.1, 0.15) is 6.07 Å². The summed E-state index contributed by atoms with van der Waals surface area (Å²) in [5.74, 6) is 0. The zero-order chi connectivity index (χ0) is 13.9. The fourth-order valence-electron chi connectivity index (χ4n) is 3.42. The van der Waals surface area contributed by atoms with Crippen LogP contribution in [0.2, 0.25) is 5.02 Å². The van der Waals surface area contributed by atoms with E-state index in [0.717, 1.165) is 18.8 Å². The Bertz CT molecular complexity index is 517. The SMILES string of the molecule is N#Cc1cc(Cl)ccc1N1CCC(N2CCCCC2)C1. The van der Waals surface area contributed by atoms with E-state index < -0.39 is 0 Å². The van der Waals surface area contributed by atoms with Crippen molar-refractivity contribution in [2.75, 3.05) is 31.1 Å². The normalized spacial score (nSPS) is 23.8. The highest BCUT2D eigenvalue weighted by Crippen LogP contribution is 2.29. The van der Waals surface area contributed by atoms with Crippen LogP contribution >= 0.6 is 11.6 Å². The molecule has 1 unspecified atom stereocenters. The molecule has 2 fully saturated rings. The van der Waals surface area contributed by atoms with Gasteiger partial charge in [-0.15, -0.1) is 0 Å². The Morgan fingerprint density at radius 3 is 2.70 bits per heavy atom. The molecule has 0 aliphatic carbocycles. The third-order valence-electron chi connectivity index (χ3n) is 4.49. The van der Waals surface area contributed by atoms with Crippen molar-refractivity contribution in [3.8, 4) is 6.07 Å². The summed E-state index contributed by atoms with van der Waals surface area (Å²) in [4.78, 5) is 4.97. The number of halogens is 1. The molecule has 2 heterocycles. The van der Waals surface area contributed by atoms with Crippen LogP contribution in [0.1, 0.15) is 31.2 Å². The first-order valence-corrected chi connectivity index (χ1v) is 7.84. The van der Waals surface area contributed by atoms with E-state index in [1.165, 1.54) is 38.8 Å². The molecule has 0 spiro atoms. The Morgan fingerprint density at radius 1 is 1.15 bits per heavy atom. The fraction of sp³-hybridized carbons (Fsp3) is 0.562. The first-order chi connectivity index (χ1) is 9.78. The van der Waals surface area contributed by atoms with E-state index in [1.54, 1.807) is 6.07 Å². The van der Waals surface area contributed by atoms with Crippen LogP contribution in [0.4, 0.5) is 5.69 Å². The number of anilines is 1. The number of nitrogens with zero attached hydrogens (tertiary/aromatic N) is 3. The second-order valence-electron chi connectivity index (χ2n) is 5.76. The Morgan fingerprint density at radius 2 is 1.95 bits per heavy atom. The molecule has 1 aromatic carbocycles. The van der Waals surface area contributed by atoms with Crippen molar-refractivity contribution >= 4 is 17.3 Å². The van der Waals surface area contributed by atoms with Gasteiger partial charge < -0.3 is 4.90 Å². The summed E-state index contributed by atoms with van der Waals surface area (Å²) in [6.45, 7) is 4.56. The van der Waals surface area contributed by atoms with E-state index in [9.17, 15) is 5.26 Å². The Labute approximate surface area is 125 Å². The number of hydrogen-bond donors (Lipinski definition) is 0. The molecule has 1 aromatic rings. The van der Waals surface area contributed by atoms with Crippen molar-refractivity contribution < 1.29 is 0 Å². The third-order valence-corrected chi connectivity index (χ3v) is 4.73. The summed E-state index contributed by atoms with van der Waals surface area (Å²) >= 11 is 5.97. The molecular formula is C16H20ClN3. The molecule has 4 heteroatoms. The molecule has 0 N–H and O–H groups in total. The average molecular weight is 290 g/mol. The number of rotatable bonds is 2. The molecule has 0 bridgehead atoms. The van der Waals surface area contributed by atoms with E-state index >= 15 is 0 Å². The molecule has 0 saturated carbocycles. The van der Waals surface area contributed by atoms with Gasteiger partial charge in [-0.1, -0.05) is 18.0 Å². The van der Waals surface area contributed by atoms with Gasteiger partial charge in [-0.3, -0.25) is 4.90 Å². The summed E-state index contributed by atoms with van der Waals surface area (Å²) in [7, 11) is 0. The second-order valence-corrected chi connectivity index (χ2v) is 6.19. The molecule has 2 aliphatic heterocycles. The van der Waals surface area contributed by atoms with Crippen molar-refractivity contribution in [2.45, 2.75) is 31.7 Å². The van der Waals surface area contributed by atoms with Crippen LogP contribution in [0.15, 0.2) is 18.2 Å². The molecule has 0 radical (unpaired) electrons. The monoisotopic (exact) mass is 289 g/mol. The summed E-state index contributed by atoms with van der Waals surface area (Å²) in [6.07, 6.45) is 5.25. The van der Waals surface area contributed by atoms with Crippen LogP contribution in [-0.4, -0.2) is 37.1 Å². The van der Waals surface area contributed by atoms with Gasteiger partial charge in [-0.2, -0.15) is 5.26 Å². The van der Waals surface area contributed by atoms with Gasteiger partial charge in [-0.05, 0) is 50.6 Å². The van der Waals surface area contributed by atoms with Gasteiger partial charge in [-0.25, -0.2) is 0 Å². The molecule has 2 aliphatic rings. The van der Waals surface area contributed by atoms with E-state index in [0.29, 0.717) is 16.6 Å². The van der Waals surface area contributed by atoms with Crippen molar-refractivity contribution in [3.63, 3.8) is 0 Å². The van der Waals surface area contributed by atoms with Gasteiger partial charge in [0.15, 0.2) is 0 Å². The molecule has 106 valence electrons. The van der Waals surface area contributed by atoms with Gasteiger partial charge >= 0.3 is 0 Å². The minimum Gasteiger partial charge on any atom is -0.369 e. The first kappa shape index (κ1) is 13.7. The van der Waals surface area contributed by atoms with E-state index in [2.05, 4.69) is 15.9 Å². The van der Waals surface area contributed by atoms with Crippen LogP contribution in [0.3, 0.4) is 0 Å². The van der Waals surface area contributed by atoms with Gasteiger partial charge in [0.2, 0.25) is 0 Å². The molecule has 2 saturated heterocycles. The predicted molar refractivity (Wildman–Crippen MR) is 82.2 cm³/mol. The summed E-state index contributed by atoms with van der Waals surface area (Å²) in [5, 5.41) is 9.91. The zero-order valence-electron chi connectivity index (χ0n) is 11.7. The highest BCUT2D eigenvalue weighted by atomic mass is 35.5. The second kappa shape index (κ2) is 6.03. The van der Waals surface area contributed by atoms with Crippen LogP contribution in [0, 0.1) is 11.3 Å². The van der Waals surface area contributed by atoms with Gasteiger partial charge in [0, 0.05) is 24.2 Å². The maximum atomic E-state index is 9.27. The third kappa shape index (κ3) is 2.77. The van der Waals surface area contributed by atoms with Crippen molar-refractivity contribution in [1.82, 2.24) is 4.90 Å². The van der Waals surface area contributed by atoms with E-state index in [4.69, 9.17) is 11.6 Å². The maximum absolute atomic E-state index is 9.27. The Balaban J connectivity index is 1.72. The average Bonchev–Trinajstić information content (AvgIpc) is 2.97. The van der Waals surface area contributed by atoms with E-state index in [1.807, 2.05) is 12.1 Å². The van der Waals surface area contributed by atoms with Crippen LogP contribution in [0.25, 0.3) is 0 Å². The standard InChI is InChI=1S/C16H20ClN3/c17-14-4-5-16(13(10-14)11-18)20-9-6-15(12-20)19-7-2-1-3-8-19/h4-5,10,15H,1-3,6-9,12H2. The molecule has 20 heavy (non-hydrogen) atoms. The van der Waals surface area contributed by atoms with Gasteiger partial charge in [0.25, 0.3) is 0 Å². The molecular weight excluding hydrogens is 270 g/mol. The largest absolute Gasteiger partial charge is 0.369 e. The lowest BCUT2D eigenvalue weighted by atomic mass is 10.1. The van der Waals surface area contributed by atoms with Crippen molar-refractivity contribution in [1.29, 1.82) is 5.26 Å². The highest BCUT2D eigenvalue weighted by Gasteiger charge is 2.29. The quantitative estimate of drug-likeness (QED) is 0.837. The maximum Gasteiger partial charge on any atom is 0.101 e. The lowest BCUT2D eigenvalue weighted by Gasteiger charge is -2.32. The fourth-order valence-corrected chi connectivity index (χ4v) is 3.59. The smallest absolute Gasteiger partial charge is 0.101 e. The van der Waals surface area contributed by atoms with Crippen molar-refractivity contribution in [2.24, 2.45) is 0 Å². The minimum atomic E-state index is 0.636. The minimum absolute atomic E-state index is 0.636. The molecule has 3 rings (SSSR count). The van der Waals surface area contributed by atoms with E-state index in [-0.39, 0.29) is 0 Å². The lowest BCUT2D eigenvalue weighted by Crippen LogP contribution is -2.40. The van der Waals surface area contributed by atoms with Crippen LogP contribution < -0.4 is 4.90 Å². The number of nitriles is 1. The number of piperidine rings is 1. The Hall–Kier alpha value is -1.24. The summed E-state index contributed by atoms with van der Waals surface area (Å²) < 4.78 is 0. The summed E-state index contributed by atoms with van der Waals surface area (Å²) in [6, 6.07) is 8.55. The highest BCUT2D eigenvalue weighted by molar-refractivity contribution is 6.30. The van der Waals surface area contributed by atoms with Crippen LogP contribution in [0.5, 0.6) is 0 Å². The topological polar surface area (TPSA) is 30.3 Å². The molecule has 3 nitrogen and oxygen atoms in total.